The Kier molecular flexibility index (Phi) is 3.71. The van der Waals surface area contributed by atoms with Gasteiger partial charge in [0.05, 0.1) is 6.20 Å². The third-order valence-electron chi connectivity index (χ3n) is 1.50. The van der Waals surface area contributed by atoms with Gasteiger partial charge in [-0.15, -0.1) is 0 Å². The van der Waals surface area contributed by atoms with Gasteiger partial charge in [-0.2, -0.15) is 0 Å². The van der Waals surface area contributed by atoms with E-state index >= 15 is 0 Å². The Hall–Kier alpha value is -1.29. The van der Waals surface area contributed by atoms with E-state index in [9.17, 15) is 0 Å². The largest absolute Gasteiger partial charge is 0.281 e. The van der Waals surface area contributed by atoms with Gasteiger partial charge < -0.3 is 0 Å². The zero-order valence-corrected chi connectivity index (χ0v) is 8.78. The molecule has 0 amide bonds. The summed E-state index contributed by atoms with van der Waals surface area (Å²) in [5.74, 6) is 0.158. The van der Waals surface area contributed by atoms with Crippen LogP contribution >= 0.6 is 11.6 Å². The molecule has 0 radical (unpaired) electrons. The average molecular weight is 211 g/mol. The lowest BCUT2D eigenvalue weighted by molar-refractivity contribution is 0.900. The highest BCUT2D eigenvalue weighted by atomic mass is 35.5. The Morgan fingerprint density at radius 2 is 2.21 bits per heavy atom. The predicted octanol–water partition coefficient (Wildman–Crippen LogP) is 2.10. The van der Waals surface area contributed by atoms with Crippen LogP contribution in [0.1, 0.15) is 19.5 Å². The van der Waals surface area contributed by atoms with Gasteiger partial charge in [0.15, 0.2) is 5.84 Å². The van der Waals surface area contributed by atoms with Crippen molar-refractivity contribution in [3.63, 3.8) is 0 Å². The van der Waals surface area contributed by atoms with E-state index in [1.807, 2.05) is 13.8 Å². The normalized spacial score (nSPS) is 11.9. The van der Waals surface area contributed by atoms with Crippen molar-refractivity contribution in [3.8, 4) is 0 Å². The Balaban J connectivity index is 2.83. The summed E-state index contributed by atoms with van der Waals surface area (Å²) in [6, 6.07) is 0. The highest BCUT2D eigenvalue weighted by molar-refractivity contribution is 6.66. The Bertz CT molecular complexity index is 345. The molecule has 74 valence electrons. The van der Waals surface area contributed by atoms with E-state index in [0.717, 1.165) is 0 Å². The first-order chi connectivity index (χ1) is 6.61. The Morgan fingerprint density at radius 1 is 1.50 bits per heavy atom. The van der Waals surface area contributed by atoms with Crippen molar-refractivity contribution in [3.05, 3.63) is 24.3 Å². The van der Waals surface area contributed by atoms with E-state index in [0.29, 0.717) is 10.9 Å². The maximum atomic E-state index is 7.58. The third-order valence-corrected chi connectivity index (χ3v) is 2.02. The van der Waals surface area contributed by atoms with Crippen LogP contribution in [0.5, 0.6) is 0 Å². The topological polar surface area (TPSA) is 62.0 Å². The highest BCUT2D eigenvalue weighted by Gasteiger charge is 2.05. The molecule has 1 heterocycles. The molecule has 0 aromatic carbocycles. The van der Waals surface area contributed by atoms with Gasteiger partial charge >= 0.3 is 0 Å². The second kappa shape index (κ2) is 4.81. The molecule has 1 aromatic heterocycles. The first kappa shape index (κ1) is 10.8. The van der Waals surface area contributed by atoms with Crippen molar-refractivity contribution in [1.82, 2.24) is 9.97 Å². The maximum Gasteiger partial charge on any atom is 0.173 e. The van der Waals surface area contributed by atoms with Crippen LogP contribution in [0.3, 0.4) is 0 Å². The van der Waals surface area contributed by atoms with Crippen LogP contribution in [0, 0.1) is 11.3 Å². The van der Waals surface area contributed by atoms with Crippen LogP contribution in [0.2, 0.25) is 0 Å². The van der Waals surface area contributed by atoms with Gasteiger partial charge in [-0.1, -0.05) is 25.4 Å². The van der Waals surface area contributed by atoms with Crippen molar-refractivity contribution < 1.29 is 0 Å². The summed E-state index contributed by atoms with van der Waals surface area (Å²) in [4.78, 5) is 11.7. The van der Waals surface area contributed by atoms with E-state index in [1.165, 1.54) is 12.4 Å². The molecule has 0 saturated carbocycles. The van der Waals surface area contributed by atoms with E-state index < -0.39 is 0 Å². The molecule has 0 aliphatic rings. The summed E-state index contributed by atoms with van der Waals surface area (Å²) >= 11 is 5.82. The van der Waals surface area contributed by atoms with Gasteiger partial charge in [0.25, 0.3) is 0 Å². The van der Waals surface area contributed by atoms with E-state index in [4.69, 9.17) is 17.0 Å². The van der Waals surface area contributed by atoms with Crippen LogP contribution in [0.25, 0.3) is 0 Å². The number of hydrogen-bond acceptors (Lipinski definition) is 3. The summed E-state index contributed by atoms with van der Waals surface area (Å²) in [6.45, 7) is 3.82. The number of amidine groups is 1. The van der Waals surface area contributed by atoms with Gasteiger partial charge in [-0.25, -0.2) is 9.98 Å². The molecule has 1 N–H and O–H groups in total. The molecule has 0 fully saturated rings. The highest BCUT2D eigenvalue weighted by Crippen LogP contribution is 2.04. The molecular formula is C9H11ClN4. The number of hydrogen-bond donors (Lipinski definition) is 1. The molecule has 0 unspecified atom stereocenters. The summed E-state index contributed by atoms with van der Waals surface area (Å²) in [6.07, 6.45) is 4.55. The van der Waals surface area contributed by atoms with Gasteiger partial charge in [0, 0.05) is 18.3 Å². The molecule has 5 heteroatoms. The van der Waals surface area contributed by atoms with Crippen molar-refractivity contribution in [2.24, 2.45) is 10.9 Å². The number of nitrogens with one attached hydrogen (secondary N) is 1. The van der Waals surface area contributed by atoms with Gasteiger partial charge in [-0.3, -0.25) is 10.4 Å². The number of aliphatic imine (C=N–C) groups is 1. The maximum absolute atomic E-state index is 7.58. The molecule has 0 bridgehead atoms. The van der Waals surface area contributed by atoms with Crippen molar-refractivity contribution >= 4 is 22.6 Å². The first-order valence-electron chi connectivity index (χ1n) is 4.20. The van der Waals surface area contributed by atoms with Gasteiger partial charge in [-0.05, 0) is 0 Å². The average Bonchev–Trinajstić information content (AvgIpc) is 2.19. The molecule has 1 rings (SSSR count). The lowest BCUT2D eigenvalue weighted by atomic mass is 10.2. The quantitative estimate of drug-likeness (QED) is 0.600. The third kappa shape index (κ3) is 2.88. The van der Waals surface area contributed by atoms with E-state index in [1.54, 1.807) is 6.20 Å². The zero-order valence-electron chi connectivity index (χ0n) is 8.03. The van der Waals surface area contributed by atoms with Gasteiger partial charge in [0.1, 0.15) is 10.9 Å². The summed E-state index contributed by atoms with van der Waals surface area (Å²) < 4.78 is 0. The number of halogens is 1. The number of rotatable bonds is 2. The van der Waals surface area contributed by atoms with E-state index in [-0.39, 0.29) is 11.8 Å². The molecular weight excluding hydrogens is 200 g/mol. The molecule has 0 spiro atoms. The smallest absolute Gasteiger partial charge is 0.173 e. The van der Waals surface area contributed by atoms with E-state index in [2.05, 4.69) is 15.0 Å². The minimum Gasteiger partial charge on any atom is -0.281 e. The Labute approximate surface area is 87.6 Å². The number of nitrogens with zero attached hydrogens (tertiary/aromatic N) is 3. The standard InChI is InChI=1S/C9H11ClN4/c1-6(2)8(10)14-9(11)7-5-12-3-4-13-7/h3-6,11H,1-2H3. The molecule has 1 aromatic rings. The molecule has 0 aliphatic carbocycles. The van der Waals surface area contributed by atoms with Crippen molar-refractivity contribution in [2.75, 3.05) is 0 Å². The Morgan fingerprint density at radius 3 is 2.71 bits per heavy atom. The second-order valence-electron chi connectivity index (χ2n) is 3.03. The van der Waals surface area contributed by atoms with Crippen LogP contribution in [0.4, 0.5) is 0 Å². The molecule has 4 nitrogen and oxygen atoms in total. The summed E-state index contributed by atoms with van der Waals surface area (Å²) in [7, 11) is 0. The summed E-state index contributed by atoms with van der Waals surface area (Å²) in [5, 5.41) is 7.98. The van der Waals surface area contributed by atoms with Crippen LogP contribution < -0.4 is 0 Å². The monoisotopic (exact) mass is 210 g/mol. The fraction of sp³-hybridized carbons (Fsp3) is 0.333. The number of aromatic nitrogens is 2. The lowest BCUT2D eigenvalue weighted by Crippen LogP contribution is -2.05. The SMILES string of the molecule is CC(C)C(Cl)=NC(=N)c1cnccn1. The van der Waals surface area contributed by atoms with Crippen molar-refractivity contribution in [2.45, 2.75) is 13.8 Å². The van der Waals surface area contributed by atoms with Gasteiger partial charge in [0.2, 0.25) is 0 Å². The first-order valence-corrected chi connectivity index (χ1v) is 4.58. The predicted molar refractivity (Wildman–Crippen MR) is 57.0 cm³/mol. The molecule has 0 atom stereocenters. The molecule has 0 saturated heterocycles. The molecule has 0 aliphatic heterocycles. The minimum atomic E-state index is 0.0387. The fourth-order valence-electron chi connectivity index (χ4n) is 0.715. The van der Waals surface area contributed by atoms with Crippen LogP contribution in [0.15, 0.2) is 23.6 Å². The van der Waals surface area contributed by atoms with Crippen LogP contribution in [-0.4, -0.2) is 21.0 Å². The molecule has 14 heavy (non-hydrogen) atoms. The zero-order chi connectivity index (χ0) is 10.6. The minimum absolute atomic E-state index is 0.0387. The second-order valence-corrected chi connectivity index (χ2v) is 3.42. The van der Waals surface area contributed by atoms with Crippen LogP contribution in [-0.2, 0) is 0 Å². The fourth-order valence-corrected chi connectivity index (χ4v) is 0.799. The summed E-state index contributed by atoms with van der Waals surface area (Å²) in [5.41, 5.74) is 0.423. The van der Waals surface area contributed by atoms with Crippen molar-refractivity contribution in [1.29, 1.82) is 5.41 Å². The lowest BCUT2D eigenvalue weighted by Gasteiger charge is -2.01.